The predicted octanol–water partition coefficient (Wildman–Crippen LogP) is 2.59. The third-order valence-electron chi connectivity index (χ3n) is 3.76. The smallest absolute Gasteiger partial charge is 0.252 e. The van der Waals surface area contributed by atoms with Crippen LogP contribution in [0.15, 0.2) is 34.9 Å². The van der Waals surface area contributed by atoms with Crippen LogP contribution in [0.5, 0.6) is 0 Å². The van der Waals surface area contributed by atoms with Gasteiger partial charge in [0.1, 0.15) is 6.61 Å². The van der Waals surface area contributed by atoms with Crippen LogP contribution >= 0.6 is 12.4 Å². The Morgan fingerprint density at radius 2 is 2.00 bits per heavy atom. The summed E-state index contributed by atoms with van der Waals surface area (Å²) in [5, 5.41) is 3.96. The molecule has 0 radical (unpaired) electrons. The van der Waals surface area contributed by atoms with E-state index in [4.69, 9.17) is 15.0 Å². The van der Waals surface area contributed by atoms with Gasteiger partial charge in [-0.3, -0.25) is 0 Å². The summed E-state index contributed by atoms with van der Waals surface area (Å²) in [6.45, 7) is 0.978. The first-order valence-corrected chi connectivity index (χ1v) is 7.00. The zero-order chi connectivity index (χ0) is 13.8. The van der Waals surface area contributed by atoms with Crippen molar-refractivity contribution in [3.8, 4) is 0 Å². The fourth-order valence-electron chi connectivity index (χ4n) is 2.29. The second kappa shape index (κ2) is 7.02. The van der Waals surface area contributed by atoms with Crippen LogP contribution in [-0.2, 0) is 23.3 Å². The third-order valence-corrected chi connectivity index (χ3v) is 3.76. The highest BCUT2D eigenvalue weighted by atomic mass is 35.5. The monoisotopic (exact) mass is 309 g/mol. The highest BCUT2D eigenvalue weighted by Crippen LogP contribution is 2.36. The van der Waals surface area contributed by atoms with E-state index in [1.165, 1.54) is 5.56 Å². The summed E-state index contributed by atoms with van der Waals surface area (Å²) in [7, 11) is 0. The molecule has 6 heteroatoms. The fourth-order valence-corrected chi connectivity index (χ4v) is 2.29. The van der Waals surface area contributed by atoms with Gasteiger partial charge in [0.05, 0.1) is 12.1 Å². The molecular formula is C15H20ClN3O2. The van der Waals surface area contributed by atoms with Gasteiger partial charge >= 0.3 is 0 Å². The molecule has 0 bridgehead atoms. The van der Waals surface area contributed by atoms with E-state index in [1.54, 1.807) is 0 Å². The van der Waals surface area contributed by atoms with Crippen molar-refractivity contribution in [2.24, 2.45) is 5.73 Å². The molecule has 1 aliphatic rings. The van der Waals surface area contributed by atoms with Crippen LogP contribution in [0.1, 0.15) is 36.5 Å². The average molecular weight is 310 g/mol. The van der Waals surface area contributed by atoms with Crippen LogP contribution in [-0.4, -0.2) is 16.7 Å². The summed E-state index contributed by atoms with van der Waals surface area (Å²) >= 11 is 0. The lowest BCUT2D eigenvalue weighted by molar-refractivity contribution is 0.100. The van der Waals surface area contributed by atoms with Crippen LogP contribution in [0.2, 0.25) is 0 Å². The normalized spacial score (nSPS) is 16.0. The molecule has 0 spiro atoms. The molecule has 2 aromatic rings. The van der Waals surface area contributed by atoms with Gasteiger partial charge in [-0.15, -0.1) is 12.4 Å². The lowest BCUT2D eigenvalue weighted by atomic mass is 9.77. The largest absolute Gasteiger partial charge is 0.371 e. The number of ether oxygens (including phenoxy) is 1. The Bertz CT molecular complexity index is 555. The molecule has 3 rings (SSSR count). The van der Waals surface area contributed by atoms with Crippen molar-refractivity contribution in [1.29, 1.82) is 0 Å². The van der Waals surface area contributed by atoms with Crippen molar-refractivity contribution in [3.05, 3.63) is 47.6 Å². The molecule has 1 aromatic heterocycles. The van der Waals surface area contributed by atoms with E-state index >= 15 is 0 Å². The Balaban J connectivity index is 0.00000161. The molecule has 0 amide bonds. The summed E-state index contributed by atoms with van der Waals surface area (Å²) in [6.07, 6.45) is 3.87. The number of aromatic nitrogens is 2. The summed E-state index contributed by atoms with van der Waals surface area (Å²) in [5.41, 5.74) is 7.03. The minimum absolute atomic E-state index is 0. The number of nitrogens with two attached hydrogens (primary N) is 1. The zero-order valence-corrected chi connectivity index (χ0v) is 12.6. The number of hydrogen-bond donors (Lipinski definition) is 1. The summed E-state index contributed by atoms with van der Waals surface area (Å²) in [5.74, 6) is 1.12. The van der Waals surface area contributed by atoms with Crippen LogP contribution in [0, 0.1) is 0 Å². The molecule has 0 saturated heterocycles. The summed E-state index contributed by atoms with van der Waals surface area (Å²) in [4.78, 5) is 4.32. The molecule has 0 unspecified atom stereocenters. The number of nitrogens with zero attached hydrogens (tertiary/aromatic N) is 2. The SMILES string of the molecule is Cl.NC1(c2noc(COCCc3ccccc3)n2)CCC1. The van der Waals surface area contributed by atoms with Crippen molar-refractivity contribution in [2.45, 2.75) is 37.8 Å². The number of benzene rings is 1. The van der Waals surface area contributed by atoms with Crippen LogP contribution in [0.4, 0.5) is 0 Å². The van der Waals surface area contributed by atoms with E-state index in [0.717, 1.165) is 25.7 Å². The Hall–Kier alpha value is -1.43. The lowest BCUT2D eigenvalue weighted by Crippen LogP contribution is -2.44. The second-order valence-electron chi connectivity index (χ2n) is 5.31. The first kappa shape index (κ1) is 15.9. The van der Waals surface area contributed by atoms with E-state index in [-0.39, 0.29) is 17.9 Å². The maximum absolute atomic E-state index is 6.14. The van der Waals surface area contributed by atoms with Crippen molar-refractivity contribution < 1.29 is 9.26 Å². The van der Waals surface area contributed by atoms with Crippen molar-refractivity contribution in [1.82, 2.24) is 10.1 Å². The highest BCUT2D eigenvalue weighted by Gasteiger charge is 2.38. The van der Waals surface area contributed by atoms with Gasteiger partial charge < -0.3 is 15.0 Å². The van der Waals surface area contributed by atoms with Gasteiger partial charge in [-0.25, -0.2) is 0 Å². The Morgan fingerprint density at radius 1 is 1.24 bits per heavy atom. The third kappa shape index (κ3) is 3.81. The lowest BCUT2D eigenvalue weighted by Gasteiger charge is -2.34. The van der Waals surface area contributed by atoms with Gasteiger partial charge in [0.2, 0.25) is 0 Å². The molecule has 1 saturated carbocycles. The second-order valence-corrected chi connectivity index (χ2v) is 5.31. The topological polar surface area (TPSA) is 74.2 Å². The standard InChI is InChI=1S/C15H19N3O2.ClH/c16-15(8-4-9-15)14-17-13(20-18-14)11-19-10-7-12-5-2-1-3-6-12;/h1-3,5-6H,4,7-11,16H2;1H. The van der Waals surface area contributed by atoms with Crippen molar-refractivity contribution in [2.75, 3.05) is 6.61 Å². The van der Waals surface area contributed by atoms with Gasteiger partial charge in [-0.2, -0.15) is 4.98 Å². The molecule has 1 fully saturated rings. The van der Waals surface area contributed by atoms with Crippen molar-refractivity contribution in [3.63, 3.8) is 0 Å². The van der Waals surface area contributed by atoms with Gasteiger partial charge in [-0.05, 0) is 31.2 Å². The minimum atomic E-state index is -0.369. The Morgan fingerprint density at radius 3 is 2.67 bits per heavy atom. The fraction of sp³-hybridized carbons (Fsp3) is 0.467. The van der Waals surface area contributed by atoms with E-state index in [2.05, 4.69) is 22.3 Å². The number of hydrogen-bond acceptors (Lipinski definition) is 5. The molecule has 1 heterocycles. The minimum Gasteiger partial charge on any atom is -0.371 e. The van der Waals surface area contributed by atoms with Gasteiger partial charge in [-0.1, -0.05) is 35.5 Å². The highest BCUT2D eigenvalue weighted by molar-refractivity contribution is 5.85. The van der Waals surface area contributed by atoms with Crippen molar-refractivity contribution >= 4 is 12.4 Å². The summed E-state index contributed by atoms with van der Waals surface area (Å²) in [6, 6.07) is 10.2. The van der Waals surface area contributed by atoms with Crippen LogP contribution in [0.3, 0.4) is 0 Å². The molecule has 1 aliphatic carbocycles. The number of halogens is 1. The molecule has 21 heavy (non-hydrogen) atoms. The quantitative estimate of drug-likeness (QED) is 0.830. The van der Waals surface area contributed by atoms with Gasteiger partial charge in [0.15, 0.2) is 5.82 Å². The van der Waals surface area contributed by atoms with E-state index in [9.17, 15) is 0 Å². The molecule has 1 aromatic carbocycles. The summed E-state index contributed by atoms with van der Waals surface area (Å²) < 4.78 is 10.7. The van der Waals surface area contributed by atoms with E-state index in [1.807, 2.05) is 18.2 Å². The molecule has 5 nitrogen and oxygen atoms in total. The van der Waals surface area contributed by atoms with E-state index < -0.39 is 0 Å². The Labute approximate surface area is 130 Å². The number of rotatable bonds is 6. The average Bonchev–Trinajstić information content (AvgIpc) is 2.91. The van der Waals surface area contributed by atoms with Crippen LogP contribution in [0.25, 0.3) is 0 Å². The van der Waals surface area contributed by atoms with Gasteiger partial charge in [0.25, 0.3) is 5.89 Å². The predicted molar refractivity (Wildman–Crippen MR) is 81.1 cm³/mol. The van der Waals surface area contributed by atoms with Gasteiger partial charge in [0, 0.05) is 0 Å². The first-order valence-electron chi connectivity index (χ1n) is 7.00. The molecule has 2 N–H and O–H groups in total. The zero-order valence-electron chi connectivity index (χ0n) is 11.8. The maximum Gasteiger partial charge on any atom is 0.252 e. The van der Waals surface area contributed by atoms with E-state index in [0.29, 0.717) is 24.9 Å². The molecule has 0 aliphatic heterocycles. The maximum atomic E-state index is 6.14. The Kier molecular flexibility index (Phi) is 5.33. The first-order chi connectivity index (χ1) is 9.76. The molecule has 0 atom stereocenters. The van der Waals surface area contributed by atoms with Crippen LogP contribution < -0.4 is 5.73 Å². The molecule has 114 valence electrons. The molecular weight excluding hydrogens is 290 g/mol.